The highest BCUT2D eigenvalue weighted by atomic mass is 16.8. The molecule has 2 fully saturated rings. The van der Waals surface area contributed by atoms with E-state index in [1.807, 2.05) is 0 Å². The van der Waals surface area contributed by atoms with Crippen molar-refractivity contribution in [2.45, 2.75) is 67.5 Å². The Morgan fingerprint density at radius 1 is 0.714 bits per heavy atom. The second-order valence-corrected chi connectivity index (χ2v) is 6.67. The number of ether oxygens (including phenoxy) is 4. The lowest BCUT2D eigenvalue weighted by atomic mass is 9.97. The van der Waals surface area contributed by atoms with Gasteiger partial charge in [0.05, 0.1) is 26.4 Å². The molecule has 11 unspecified atom stereocenters. The van der Waals surface area contributed by atoms with Crippen LogP contribution in [0.5, 0.6) is 0 Å². The summed E-state index contributed by atoms with van der Waals surface area (Å²) in [7, 11) is 0. The summed E-state index contributed by atoms with van der Waals surface area (Å²) in [5, 5.41) is 86.9. The first-order chi connectivity index (χ1) is 13.2. The summed E-state index contributed by atoms with van der Waals surface area (Å²) in [6.07, 6.45) is -16.9. The molecule has 0 saturated carbocycles. The average molecular weight is 416 g/mol. The number of rotatable bonds is 8. The third-order valence-corrected chi connectivity index (χ3v) is 4.63. The number of aliphatic hydroxyl groups is 9. The first-order valence-electron chi connectivity index (χ1n) is 8.74. The molecular formula is C15H28O13. The highest BCUT2D eigenvalue weighted by Crippen LogP contribution is 2.29. The lowest BCUT2D eigenvalue weighted by molar-refractivity contribution is -0.368. The normalized spacial score (nSPS) is 45.8. The van der Waals surface area contributed by atoms with Gasteiger partial charge in [0, 0.05) is 0 Å². The minimum Gasteiger partial charge on any atom is -0.394 e. The third-order valence-electron chi connectivity index (χ3n) is 4.63. The molecule has 0 aromatic heterocycles. The van der Waals surface area contributed by atoms with Crippen molar-refractivity contribution in [3.8, 4) is 0 Å². The smallest absolute Gasteiger partial charge is 0.187 e. The van der Waals surface area contributed by atoms with E-state index in [2.05, 4.69) is 0 Å². The standard InChI is InChI=1S/C15H28O13/c16-1-5(19)4-25-15-13(11(23)9(21)7(3-18)27-15)28-14-12(24)10(22)8(20)6(2-17)26-14/h5-24H,1-4H2. The molecule has 2 aliphatic heterocycles. The summed E-state index contributed by atoms with van der Waals surface area (Å²) in [6, 6.07) is 0. The highest BCUT2D eigenvalue weighted by Gasteiger charge is 2.50. The van der Waals surface area contributed by atoms with Crippen molar-refractivity contribution < 1.29 is 64.9 Å². The molecule has 0 radical (unpaired) electrons. The zero-order valence-electron chi connectivity index (χ0n) is 14.8. The summed E-state index contributed by atoms with van der Waals surface area (Å²) in [4.78, 5) is 0. The third kappa shape index (κ3) is 5.14. The predicted octanol–water partition coefficient (Wildman–Crippen LogP) is -6.02. The molecule has 2 heterocycles. The minimum absolute atomic E-state index is 0.448. The Morgan fingerprint density at radius 3 is 1.79 bits per heavy atom. The maximum Gasteiger partial charge on any atom is 0.187 e. The molecule has 0 aliphatic carbocycles. The van der Waals surface area contributed by atoms with Crippen LogP contribution in [-0.4, -0.2) is 140 Å². The summed E-state index contributed by atoms with van der Waals surface area (Å²) < 4.78 is 21.1. The molecule has 0 amide bonds. The van der Waals surface area contributed by atoms with Crippen LogP contribution in [0, 0.1) is 0 Å². The maximum atomic E-state index is 10.3. The number of hydrogen-bond donors (Lipinski definition) is 9. The van der Waals surface area contributed by atoms with Crippen molar-refractivity contribution in [1.82, 2.24) is 0 Å². The molecular weight excluding hydrogens is 388 g/mol. The Morgan fingerprint density at radius 2 is 1.25 bits per heavy atom. The molecule has 9 N–H and O–H groups in total. The zero-order chi connectivity index (χ0) is 21.0. The van der Waals surface area contributed by atoms with Gasteiger partial charge in [-0.05, 0) is 0 Å². The van der Waals surface area contributed by atoms with Crippen LogP contribution in [0.2, 0.25) is 0 Å². The molecule has 2 rings (SSSR count). The van der Waals surface area contributed by atoms with Gasteiger partial charge in [0.2, 0.25) is 0 Å². The van der Waals surface area contributed by atoms with Crippen LogP contribution in [0.25, 0.3) is 0 Å². The molecule has 13 heteroatoms. The lowest BCUT2D eigenvalue weighted by Gasteiger charge is -2.46. The van der Waals surface area contributed by atoms with Gasteiger partial charge in [0.1, 0.15) is 54.9 Å². The minimum atomic E-state index is -1.78. The van der Waals surface area contributed by atoms with E-state index in [1.165, 1.54) is 0 Å². The molecule has 28 heavy (non-hydrogen) atoms. The van der Waals surface area contributed by atoms with Crippen LogP contribution < -0.4 is 0 Å². The second kappa shape index (κ2) is 10.5. The van der Waals surface area contributed by atoms with Gasteiger partial charge in [-0.25, -0.2) is 0 Å². The van der Waals surface area contributed by atoms with Crippen molar-refractivity contribution >= 4 is 0 Å². The first kappa shape index (κ1) is 23.8. The SMILES string of the molecule is OCC(O)COC1OC(CO)C(O)C(O)C1OC1OC(CO)C(O)C(O)C1O. The first-order valence-corrected chi connectivity index (χ1v) is 8.74. The summed E-state index contributed by atoms with van der Waals surface area (Å²) in [5.74, 6) is 0. The van der Waals surface area contributed by atoms with Crippen LogP contribution in [0.3, 0.4) is 0 Å². The van der Waals surface area contributed by atoms with E-state index in [-0.39, 0.29) is 0 Å². The molecule has 2 saturated heterocycles. The second-order valence-electron chi connectivity index (χ2n) is 6.67. The summed E-state index contributed by atoms with van der Waals surface area (Å²) >= 11 is 0. The van der Waals surface area contributed by atoms with Crippen LogP contribution in [0.4, 0.5) is 0 Å². The summed E-state index contributed by atoms with van der Waals surface area (Å²) in [6.45, 7) is -2.45. The molecule has 0 spiro atoms. The Labute approximate surface area is 159 Å². The molecule has 0 aromatic carbocycles. The van der Waals surface area contributed by atoms with E-state index >= 15 is 0 Å². The topological polar surface area (TPSA) is 219 Å². The average Bonchev–Trinajstić information content (AvgIpc) is 2.70. The molecule has 11 atom stereocenters. The zero-order valence-corrected chi connectivity index (χ0v) is 14.8. The van der Waals surface area contributed by atoms with E-state index < -0.39 is 93.9 Å². The molecule has 13 nitrogen and oxygen atoms in total. The quantitative estimate of drug-likeness (QED) is 0.180. The van der Waals surface area contributed by atoms with E-state index in [4.69, 9.17) is 24.1 Å². The van der Waals surface area contributed by atoms with Crippen LogP contribution >= 0.6 is 0 Å². The largest absolute Gasteiger partial charge is 0.394 e. The molecule has 0 bridgehead atoms. The van der Waals surface area contributed by atoms with E-state index in [0.717, 1.165) is 0 Å². The van der Waals surface area contributed by atoms with Crippen LogP contribution in [-0.2, 0) is 18.9 Å². The van der Waals surface area contributed by atoms with Crippen LogP contribution in [0.1, 0.15) is 0 Å². The van der Waals surface area contributed by atoms with Gasteiger partial charge in [-0.2, -0.15) is 0 Å². The van der Waals surface area contributed by atoms with E-state index in [1.54, 1.807) is 0 Å². The van der Waals surface area contributed by atoms with Gasteiger partial charge in [-0.15, -0.1) is 0 Å². The van der Waals surface area contributed by atoms with Crippen molar-refractivity contribution in [1.29, 1.82) is 0 Å². The van der Waals surface area contributed by atoms with Gasteiger partial charge in [-0.3, -0.25) is 0 Å². The molecule has 0 aromatic rings. The van der Waals surface area contributed by atoms with Gasteiger partial charge in [0.15, 0.2) is 12.6 Å². The number of hydrogen-bond acceptors (Lipinski definition) is 13. The fraction of sp³-hybridized carbons (Fsp3) is 1.00. The number of aliphatic hydroxyl groups excluding tert-OH is 9. The Hall–Kier alpha value is -0.520. The fourth-order valence-electron chi connectivity index (χ4n) is 2.93. The van der Waals surface area contributed by atoms with Crippen molar-refractivity contribution in [2.75, 3.05) is 26.4 Å². The van der Waals surface area contributed by atoms with Crippen molar-refractivity contribution in [2.24, 2.45) is 0 Å². The van der Waals surface area contributed by atoms with Gasteiger partial charge >= 0.3 is 0 Å². The molecule has 2 aliphatic rings. The predicted molar refractivity (Wildman–Crippen MR) is 85.4 cm³/mol. The van der Waals surface area contributed by atoms with Crippen LogP contribution in [0.15, 0.2) is 0 Å². The van der Waals surface area contributed by atoms with Crippen molar-refractivity contribution in [3.05, 3.63) is 0 Å². The lowest BCUT2D eigenvalue weighted by Crippen LogP contribution is -2.64. The van der Waals surface area contributed by atoms with Crippen molar-refractivity contribution in [3.63, 3.8) is 0 Å². The van der Waals surface area contributed by atoms with Gasteiger partial charge in [0.25, 0.3) is 0 Å². The highest BCUT2D eigenvalue weighted by molar-refractivity contribution is 4.93. The maximum absolute atomic E-state index is 10.3. The van der Waals surface area contributed by atoms with Gasteiger partial charge < -0.3 is 64.9 Å². The monoisotopic (exact) mass is 416 g/mol. The van der Waals surface area contributed by atoms with E-state index in [9.17, 15) is 40.9 Å². The van der Waals surface area contributed by atoms with Gasteiger partial charge in [-0.1, -0.05) is 0 Å². The summed E-state index contributed by atoms with van der Waals surface area (Å²) in [5.41, 5.74) is 0. The Balaban J connectivity index is 2.15. The van der Waals surface area contributed by atoms with E-state index in [0.29, 0.717) is 0 Å². The Bertz CT molecular complexity index is 465. The molecule has 166 valence electrons. The Kier molecular flexibility index (Phi) is 8.90. The fourth-order valence-corrected chi connectivity index (χ4v) is 2.93.